The van der Waals surface area contributed by atoms with E-state index in [2.05, 4.69) is 9.97 Å². The van der Waals surface area contributed by atoms with Gasteiger partial charge in [-0.2, -0.15) is 0 Å². The first kappa shape index (κ1) is 6.96. The largest absolute Gasteiger partial charge is 0.340 e. The van der Waals surface area contributed by atoms with Crippen molar-refractivity contribution >= 4 is 23.4 Å². The number of aromatic amines is 1. The number of imidazole rings is 1. The van der Waals surface area contributed by atoms with Gasteiger partial charge in [-0.3, -0.25) is 0 Å². The van der Waals surface area contributed by atoms with Crippen LogP contribution in [0.25, 0.3) is 0 Å². The van der Waals surface area contributed by atoms with Gasteiger partial charge in [0.1, 0.15) is 0 Å². The molecule has 0 atom stereocenters. The lowest BCUT2D eigenvalue weighted by Gasteiger charge is -1.89. The van der Waals surface area contributed by atoms with Crippen LogP contribution < -0.4 is 0 Å². The van der Waals surface area contributed by atoms with Crippen molar-refractivity contribution in [1.82, 2.24) is 9.97 Å². The maximum Gasteiger partial charge on any atom is 0.165 e. The normalized spacial score (nSPS) is 9.89. The number of H-pyrrole nitrogens is 1. The Labute approximate surface area is 63.0 Å². The first-order chi connectivity index (χ1) is 4.43. The van der Waals surface area contributed by atoms with Crippen LogP contribution in [0.2, 0.25) is 0 Å². The molecule has 0 aromatic carbocycles. The van der Waals surface area contributed by atoms with Crippen molar-refractivity contribution in [2.24, 2.45) is 0 Å². The van der Waals surface area contributed by atoms with Gasteiger partial charge in [0.15, 0.2) is 5.16 Å². The fourth-order valence-corrected chi connectivity index (χ4v) is 1.25. The summed E-state index contributed by atoms with van der Waals surface area (Å²) in [6, 6.07) is 0. The molecule has 0 radical (unpaired) electrons. The molecule has 2 nitrogen and oxygen atoms in total. The van der Waals surface area contributed by atoms with Gasteiger partial charge in [0.25, 0.3) is 0 Å². The van der Waals surface area contributed by atoms with E-state index in [9.17, 15) is 0 Å². The van der Waals surface area contributed by atoms with Gasteiger partial charge in [0.2, 0.25) is 0 Å². The van der Waals surface area contributed by atoms with Crippen LogP contribution in [-0.2, 0) is 0 Å². The minimum Gasteiger partial charge on any atom is -0.340 e. The molecular formula is C5H7ClN2S. The quantitative estimate of drug-likeness (QED) is 0.542. The number of halogens is 1. The third-order valence-electron chi connectivity index (χ3n) is 0.789. The molecule has 0 aliphatic carbocycles. The molecule has 0 aliphatic heterocycles. The molecule has 0 bridgehead atoms. The highest BCUT2D eigenvalue weighted by atomic mass is 35.5. The Bertz CT molecular complexity index is 152. The number of hydrogen-bond donors (Lipinski definition) is 1. The standard InChI is InChI=1S/C5H7ClN2S/c6-1-4-9-5-7-2-3-8-5/h2-3H,1,4H2,(H,7,8). The van der Waals surface area contributed by atoms with Gasteiger partial charge >= 0.3 is 0 Å². The lowest BCUT2D eigenvalue weighted by Crippen LogP contribution is -1.79. The zero-order chi connectivity index (χ0) is 6.53. The first-order valence-electron chi connectivity index (χ1n) is 2.61. The molecule has 4 heteroatoms. The summed E-state index contributed by atoms with van der Waals surface area (Å²) in [4.78, 5) is 6.97. The second-order valence-corrected chi connectivity index (χ2v) is 2.89. The van der Waals surface area contributed by atoms with E-state index in [4.69, 9.17) is 11.6 Å². The number of hydrogen-bond acceptors (Lipinski definition) is 2. The second kappa shape index (κ2) is 3.80. The molecule has 0 fully saturated rings. The predicted molar refractivity (Wildman–Crippen MR) is 40.0 cm³/mol. The molecular weight excluding hydrogens is 156 g/mol. The van der Waals surface area contributed by atoms with E-state index in [-0.39, 0.29) is 0 Å². The van der Waals surface area contributed by atoms with Gasteiger partial charge in [0, 0.05) is 24.0 Å². The summed E-state index contributed by atoms with van der Waals surface area (Å²) in [5, 5.41) is 0.940. The molecule has 50 valence electrons. The van der Waals surface area contributed by atoms with E-state index in [1.165, 1.54) is 0 Å². The molecule has 0 spiro atoms. The van der Waals surface area contributed by atoms with Crippen LogP contribution in [-0.4, -0.2) is 21.6 Å². The summed E-state index contributed by atoms with van der Waals surface area (Å²) in [6.45, 7) is 0. The number of nitrogens with zero attached hydrogens (tertiary/aromatic N) is 1. The Morgan fingerprint density at radius 3 is 3.22 bits per heavy atom. The summed E-state index contributed by atoms with van der Waals surface area (Å²) in [7, 11) is 0. The van der Waals surface area contributed by atoms with Gasteiger partial charge in [-0.1, -0.05) is 11.8 Å². The first-order valence-corrected chi connectivity index (χ1v) is 4.13. The van der Waals surface area contributed by atoms with E-state index < -0.39 is 0 Å². The van der Waals surface area contributed by atoms with E-state index in [0.717, 1.165) is 10.9 Å². The number of nitrogens with one attached hydrogen (secondary N) is 1. The zero-order valence-corrected chi connectivity index (χ0v) is 6.37. The highest BCUT2D eigenvalue weighted by molar-refractivity contribution is 7.99. The third-order valence-corrected chi connectivity index (χ3v) is 2.11. The van der Waals surface area contributed by atoms with E-state index in [0.29, 0.717) is 5.88 Å². The van der Waals surface area contributed by atoms with Crippen LogP contribution in [0, 0.1) is 0 Å². The smallest absolute Gasteiger partial charge is 0.165 e. The van der Waals surface area contributed by atoms with Crippen molar-refractivity contribution in [3.05, 3.63) is 12.4 Å². The van der Waals surface area contributed by atoms with Crippen molar-refractivity contribution in [2.75, 3.05) is 11.6 Å². The summed E-state index contributed by atoms with van der Waals surface area (Å²) < 4.78 is 0. The maximum atomic E-state index is 5.46. The number of thioether (sulfide) groups is 1. The van der Waals surface area contributed by atoms with Crippen molar-refractivity contribution in [3.8, 4) is 0 Å². The zero-order valence-electron chi connectivity index (χ0n) is 4.80. The topological polar surface area (TPSA) is 28.7 Å². The van der Waals surface area contributed by atoms with E-state index >= 15 is 0 Å². The molecule has 0 saturated heterocycles. The number of alkyl halides is 1. The van der Waals surface area contributed by atoms with Crippen molar-refractivity contribution in [2.45, 2.75) is 5.16 Å². The molecule has 1 N–H and O–H groups in total. The fourth-order valence-electron chi connectivity index (χ4n) is 0.465. The van der Waals surface area contributed by atoms with Crippen LogP contribution >= 0.6 is 23.4 Å². The summed E-state index contributed by atoms with van der Waals surface area (Å²) in [6.07, 6.45) is 3.53. The van der Waals surface area contributed by atoms with Crippen LogP contribution in [0.4, 0.5) is 0 Å². The fraction of sp³-hybridized carbons (Fsp3) is 0.400. The molecule has 0 saturated carbocycles. The summed E-state index contributed by atoms with van der Waals surface area (Å²) in [5.74, 6) is 1.58. The van der Waals surface area contributed by atoms with Gasteiger partial charge in [-0.25, -0.2) is 4.98 Å². The lowest BCUT2D eigenvalue weighted by molar-refractivity contribution is 1.06. The Morgan fingerprint density at radius 1 is 1.78 bits per heavy atom. The Kier molecular flexibility index (Phi) is 2.94. The average molecular weight is 163 g/mol. The van der Waals surface area contributed by atoms with E-state index in [1.807, 2.05) is 0 Å². The molecule has 1 heterocycles. The SMILES string of the molecule is ClCCSc1ncc[nH]1. The third kappa shape index (κ3) is 2.28. The van der Waals surface area contributed by atoms with Gasteiger partial charge in [-0.05, 0) is 0 Å². The molecule has 1 aromatic heterocycles. The van der Waals surface area contributed by atoms with Crippen LogP contribution in [0.5, 0.6) is 0 Å². The van der Waals surface area contributed by atoms with Gasteiger partial charge in [0.05, 0.1) is 0 Å². The summed E-state index contributed by atoms with van der Waals surface area (Å²) >= 11 is 7.08. The molecule has 1 rings (SSSR count). The molecule has 0 aliphatic rings. The highest BCUT2D eigenvalue weighted by Crippen LogP contribution is 2.10. The second-order valence-electron chi connectivity index (χ2n) is 1.43. The highest BCUT2D eigenvalue weighted by Gasteiger charge is 1.91. The molecule has 9 heavy (non-hydrogen) atoms. The van der Waals surface area contributed by atoms with Crippen LogP contribution in [0.15, 0.2) is 17.6 Å². The summed E-state index contributed by atoms with van der Waals surface area (Å²) in [5.41, 5.74) is 0. The predicted octanol–water partition coefficient (Wildman–Crippen LogP) is 1.74. The molecule has 1 aromatic rings. The Hall–Kier alpha value is -0.150. The van der Waals surface area contributed by atoms with Crippen LogP contribution in [0.1, 0.15) is 0 Å². The van der Waals surface area contributed by atoms with Crippen molar-refractivity contribution in [3.63, 3.8) is 0 Å². The van der Waals surface area contributed by atoms with Crippen molar-refractivity contribution < 1.29 is 0 Å². The minimum absolute atomic E-state index is 0.672. The van der Waals surface area contributed by atoms with Gasteiger partial charge in [-0.15, -0.1) is 11.6 Å². The van der Waals surface area contributed by atoms with Crippen molar-refractivity contribution in [1.29, 1.82) is 0 Å². The lowest BCUT2D eigenvalue weighted by atomic mass is 11.0. The maximum absolute atomic E-state index is 5.46. The Balaban J connectivity index is 2.30. The van der Waals surface area contributed by atoms with Gasteiger partial charge < -0.3 is 4.98 Å². The van der Waals surface area contributed by atoms with Crippen LogP contribution in [0.3, 0.4) is 0 Å². The monoisotopic (exact) mass is 162 g/mol. The minimum atomic E-state index is 0.672. The molecule has 0 unspecified atom stereocenters. The van der Waals surface area contributed by atoms with E-state index in [1.54, 1.807) is 24.2 Å². The number of aromatic nitrogens is 2. The molecule has 0 amide bonds. The Morgan fingerprint density at radius 2 is 2.67 bits per heavy atom. The number of rotatable bonds is 3. The average Bonchev–Trinajstić information content (AvgIpc) is 2.34.